The van der Waals surface area contributed by atoms with Crippen molar-refractivity contribution in [2.75, 3.05) is 19.7 Å². The first-order chi connectivity index (χ1) is 12.3. The van der Waals surface area contributed by atoms with Crippen LogP contribution in [-0.2, 0) is 11.3 Å². The monoisotopic (exact) mass is 339 g/mol. The minimum Gasteiger partial charge on any atom is -0.373 e. The number of carbonyl (C=O) groups is 1. The molecule has 5 heteroatoms. The van der Waals surface area contributed by atoms with Gasteiger partial charge in [-0.2, -0.15) is 0 Å². The highest BCUT2D eigenvalue weighted by Crippen LogP contribution is 2.15. The second-order valence-electron chi connectivity index (χ2n) is 6.35. The molecule has 2 atom stereocenters. The van der Waals surface area contributed by atoms with Crippen LogP contribution in [0.2, 0.25) is 0 Å². The predicted octanol–water partition coefficient (Wildman–Crippen LogP) is 2.49. The molecule has 1 aliphatic heterocycles. The van der Waals surface area contributed by atoms with E-state index in [-0.39, 0.29) is 18.1 Å². The predicted molar refractivity (Wildman–Crippen MR) is 97.2 cm³/mol. The van der Waals surface area contributed by atoms with E-state index >= 15 is 0 Å². The lowest BCUT2D eigenvalue weighted by atomic mass is 10.0. The van der Waals surface area contributed by atoms with Crippen molar-refractivity contribution in [1.82, 2.24) is 15.2 Å². The summed E-state index contributed by atoms with van der Waals surface area (Å²) in [4.78, 5) is 18.8. The molecule has 2 heterocycles. The van der Waals surface area contributed by atoms with E-state index in [1.165, 1.54) is 5.56 Å². The van der Waals surface area contributed by atoms with Gasteiger partial charge in [0.15, 0.2) is 0 Å². The number of nitrogens with one attached hydrogen (secondary N) is 1. The number of ether oxygens (including phenoxy) is 1. The standard InChI is InChI=1S/C20H25N3O2/c1-2-18(22-20(24)17-8-10-21-11-9-17)19-15-23(12-13-25-19)14-16-6-4-3-5-7-16/h3-11,18-19H,2,12-15H2,1H3,(H,22,24). The molecule has 2 aromatic rings. The molecule has 0 bridgehead atoms. The number of hydrogen-bond donors (Lipinski definition) is 1. The fourth-order valence-corrected chi connectivity index (χ4v) is 3.17. The van der Waals surface area contributed by atoms with E-state index in [2.05, 4.69) is 46.4 Å². The van der Waals surface area contributed by atoms with E-state index in [9.17, 15) is 4.79 Å². The van der Waals surface area contributed by atoms with Gasteiger partial charge in [-0.15, -0.1) is 0 Å². The van der Waals surface area contributed by atoms with Gasteiger partial charge in [-0.05, 0) is 24.1 Å². The second-order valence-corrected chi connectivity index (χ2v) is 6.35. The zero-order chi connectivity index (χ0) is 17.5. The number of hydrogen-bond acceptors (Lipinski definition) is 4. The van der Waals surface area contributed by atoms with Crippen LogP contribution in [0.25, 0.3) is 0 Å². The van der Waals surface area contributed by atoms with E-state index in [4.69, 9.17) is 4.74 Å². The number of benzene rings is 1. The Morgan fingerprint density at radius 1 is 1.28 bits per heavy atom. The van der Waals surface area contributed by atoms with Crippen molar-refractivity contribution in [3.05, 3.63) is 66.0 Å². The average molecular weight is 339 g/mol. The molecule has 0 aliphatic carbocycles. The Bertz CT molecular complexity index is 663. The number of morpholine rings is 1. The summed E-state index contributed by atoms with van der Waals surface area (Å²) in [5.74, 6) is -0.0713. The van der Waals surface area contributed by atoms with Gasteiger partial charge >= 0.3 is 0 Å². The van der Waals surface area contributed by atoms with Crippen molar-refractivity contribution in [2.24, 2.45) is 0 Å². The highest BCUT2D eigenvalue weighted by atomic mass is 16.5. The molecule has 1 saturated heterocycles. The van der Waals surface area contributed by atoms with Gasteiger partial charge in [0.1, 0.15) is 0 Å². The van der Waals surface area contributed by atoms with Crippen LogP contribution < -0.4 is 5.32 Å². The summed E-state index contributed by atoms with van der Waals surface area (Å²) in [6.07, 6.45) is 4.11. The van der Waals surface area contributed by atoms with Crippen LogP contribution in [0.1, 0.15) is 29.3 Å². The molecule has 1 N–H and O–H groups in total. The fourth-order valence-electron chi connectivity index (χ4n) is 3.17. The van der Waals surface area contributed by atoms with Crippen LogP contribution in [-0.4, -0.2) is 47.6 Å². The van der Waals surface area contributed by atoms with Crippen molar-refractivity contribution in [3.8, 4) is 0 Å². The zero-order valence-corrected chi connectivity index (χ0v) is 14.6. The summed E-state index contributed by atoms with van der Waals surface area (Å²) in [7, 11) is 0. The fraction of sp³-hybridized carbons (Fsp3) is 0.400. The van der Waals surface area contributed by atoms with Crippen molar-refractivity contribution in [2.45, 2.75) is 32.0 Å². The first-order valence-corrected chi connectivity index (χ1v) is 8.85. The molecule has 25 heavy (non-hydrogen) atoms. The highest BCUT2D eigenvalue weighted by molar-refractivity contribution is 5.94. The number of nitrogens with zero attached hydrogens (tertiary/aromatic N) is 2. The third-order valence-electron chi connectivity index (χ3n) is 4.57. The molecule has 1 aliphatic rings. The Morgan fingerprint density at radius 3 is 2.76 bits per heavy atom. The normalized spacial score (nSPS) is 19.3. The number of carbonyl (C=O) groups excluding carboxylic acids is 1. The molecule has 132 valence electrons. The number of amides is 1. The van der Waals surface area contributed by atoms with Crippen LogP contribution in [0, 0.1) is 0 Å². The first-order valence-electron chi connectivity index (χ1n) is 8.85. The van der Waals surface area contributed by atoms with Crippen molar-refractivity contribution in [1.29, 1.82) is 0 Å². The lowest BCUT2D eigenvalue weighted by Gasteiger charge is -2.37. The number of aromatic nitrogens is 1. The molecule has 3 rings (SSSR count). The molecule has 5 nitrogen and oxygen atoms in total. The van der Waals surface area contributed by atoms with Crippen molar-refractivity contribution >= 4 is 5.91 Å². The summed E-state index contributed by atoms with van der Waals surface area (Å²) < 4.78 is 5.97. The molecule has 1 aromatic carbocycles. The van der Waals surface area contributed by atoms with E-state index in [1.54, 1.807) is 24.5 Å². The summed E-state index contributed by atoms with van der Waals surface area (Å²) in [6, 6.07) is 13.9. The van der Waals surface area contributed by atoms with Gasteiger partial charge in [-0.3, -0.25) is 14.7 Å². The molecule has 0 radical (unpaired) electrons. The SMILES string of the molecule is CCC(NC(=O)c1ccncc1)C1CN(Cc2ccccc2)CCO1. The Balaban J connectivity index is 1.59. The van der Waals surface area contributed by atoms with Crippen molar-refractivity contribution in [3.63, 3.8) is 0 Å². The van der Waals surface area contributed by atoms with Gasteiger partial charge in [-0.1, -0.05) is 37.3 Å². The molecule has 0 saturated carbocycles. The Kier molecular flexibility index (Phi) is 6.14. The van der Waals surface area contributed by atoms with E-state index in [1.807, 2.05) is 6.07 Å². The third-order valence-corrected chi connectivity index (χ3v) is 4.57. The molecule has 1 aromatic heterocycles. The smallest absolute Gasteiger partial charge is 0.251 e. The molecule has 2 unspecified atom stereocenters. The summed E-state index contributed by atoms with van der Waals surface area (Å²) in [5, 5.41) is 3.12. The van der Waals surface area contributed by atoms with Crippen molar-refractivity contribution < 1.29 is 9.53 Å². The average Bonchev–Trinajstić information content (AvgIpc) is 2.67. The summed E-state index contributed by atoms with van der Waals surface area (Å²) in [5.41, 5.74) is 1.93. The van der Waals surface area contributed by atoms with Crippen LogP contribution >= 0.6 is 0 Å². The van der Waals surface area contributed by atoms with Crippen LogP contribution in [0.5, 0.6) is 0 Å². The minimum absolute atomic E-state index is 0.000705. The Hall–Kier alpha value is -2.24. The van der Waals surface area contributed by atoms with E-state index in [0.29, 0.717) is 12.2 Å². The summed E-state index contributed by atoms with van der Waals surface area (Å²) >= 11 is 0. The van der Waals surface area contributed by atoms with Crippen LogP contribution in [0.4, 0.5) is 0 Å². The second kappa shape index (κ2) is 8.74. The van der Waals surface area contributed by atoms with Gasteiger partial charge in [0.2, 0.25) is 0 Å². The summed E-state index contributed by atoms with van der Waals surface area (Å²) in [6.45, 7) is 5.43. The number of pyridine rings is 1. The van der Waals surface area contributed by atoms with Gasteiger partial charge in [0.05, 0.1) is 18.8 Å². The Labute approximate surface area is 149 Å². The minimum atomic E-state index is -0.0713. The third kappa shape index (κ3) is 4.87. The molecule has 1 fully saturated rings. The largest absolute Gasteiger partial charge is 0.373 e. The van der Waals surface area contributed by atoms with E-state index in [0.717, 1.165) is 26.1 Å². The van der Waals surface area contributed by atoms with Gasteiger partial charge in [0.25, 0.3) is 5.91 Å². The zero-order valence-electron chi connectivity index (χ0n) is 14.6. The lowest BCUT2D eigenvalue weighted by molar-refractivity contribution is -0.0483. The molecular formula is C20H25N3O2. The van der Waals surface area contributed by atoms with E-state index < -0.39 is 0 Å². The maximum atomic E-state index is 12.4. The molecule has 1 amide bonds. The number of rotatable bonds is 6. The lowest BCUT2D eigenvalue weighted by Crippen LogP contribution is -2.53. The topological polar surface area (TPSA) is 54.5 Å². The van der Waals surface area contributed by atoms with Gasteiger partial charge in [0, 0.05) is 37.6 Å². The maximum Gasteiger partial charge on any atom is 0.251 e. The van der Waals surface area contributed by atoms with Crippen LogP contribution in [0.3, 0.4) is 0 Å². The first kappa shape index (κ1) is 17.6. The van der Waals surface area contributed by atoms with Gasteiger partial charge in [-0.25, -0.2) is 0 Å². The maximum absolute atomic E-state index is 12.4. The Morgan fingerprint density at radius 2 is 2.04 bits per heavy atom. The highest BCUT2D eigenvalue weighted by Gasteiger charge is 2.28. The van der Waals surface area contributed by atoms with Gasteiger partial charge < -0.3 is 10.1 Å². The molecular weight excluding hydrogens is 314 g/mol. The molecule has 0 spiro atoms. The quantitative estimate of drug-likeness (QED) is 0.878. The van der Waals surface area contributed by atoms with Crippen LogP contribution in [0.15, 0.2) is 54.9 Å².